The van der Waals surface area contributed by atoms with Crippen molar-refractivity contribution in [1.82, 2.24) is 4.90 Å². The molecule has 0 radical (unpaired) electrons. The lowest BCUT2D eigenvalue weighted by Crippen LogP contribution is -2.36. The first kappa shape index (κ1) is 10.9. The molecule has 1 N–H and O–H groups in total. The molecule has 3 nitrogen and oxygen atoms in total. The number of carboxylic acid groups (broad SMARTS) is 1. The van der Waals surface area contributed by atoms with Gasteiger partial charge in [0.2, 0.25) is 0 Å². The highest BCUT2D eigenvalue weighted by molar-refractivity contribution is 5.68. The van der Waals surface area contributed by atoms with Crippen LogP contribution in [0.3, 0.4) is 0 Å². The first-order valence-electron chi connectivity index (χ1n) is 5.94. The fourth-order valence-electron chi connectivity index (χ4n) is 2.50. The summed E-state index contributed by atoms with van der Waals surface area (Å²) in [7, 11) is 2.14. The molecule has 15 heavy (non-hydrogen) atoms. The molecule has 0 aliphatic heterocycles. The molecule has 0 aromatic carbocycles. The maximum absolute atomic E-state index is 10.7. The van der Waals surface area contributed by atoms with Gasteiger partial charge in [0.15, 0.2) is 0 Å². The normalized spacial score (nSPS) is 25.3. The first-order valence-corrected chi connectivity index (χ1v) is 5.94. The van der Waals surface area contributed by atoms with Crippen molar-refractivity contribution in [2.24, 2.45) is 11.3 Å². The van der Waals surface area contributed by atoms with Crippen LogP contribution >= 0.6 is 0 Å². The van der Waals surface area contributed by atoms with E-state index in [0.29, 0.717) is 12.5 Å². The van der Waals surface area contributed by atoms with Crippen LogP contribution in [0.25, 0.3) is 0 Å². The van der Waals surface area contributed by atoms with E-state index in [0.717, 1.165) is 25.3 Å². The molecular weight excluding hydrogens is 190 g/mol. The number of hydrogen-bond donors (Lipinski definition) is 1. The van der Waals surface area contributed by atoms with Crippen LogP contribution in [0.1, 0.15) is 39.0 Å². The van der Waals surface area contributed by atoms with E-state index in [1.54, 1.807) is 0 Å². The van der Waals surface area contributed by atoms with Crippen LogP contribution in [0.2, 0.25) is 0 Å². The summed E-state index contributed by atoms with van der Waals surface area (Å²) in [4.78, 5) is 13.1. The second-order valence-corrected chi connectivity index (χ2v) is 5.56. The Morgan fingerprint density at radius 3 is 2.53 bits per heavy atom. The molecule has 1 atom stereocenters. The molecule has 86 valence electrons. The van der Waals surface area contributed by atoms with Gasteiger partial charge in [-0.25, -0.2) is 0 Å². The van der Waals surface area contributed by atoms with Gasteiger partial charge in [-0.2, -0.15) is 0 Å². The van der Waals surface area contributed by atoms with Gasteiger partial charge in [-0.3, -0.25) is 4.79 Å². The average molecular weight is 211 g/mol. The van der Waals surface area contributed by atoms with Crippen LogP contribution in [0.4, 0.5) is 0 Å². The van der Waals surface area contributed by atoms with E-state index in [2.05, 4.69) is 18.9 Å². The van der Waals surface area contributed by atoms with Crippen LogP contribution < -0.4 is 0 Å². The van der Waals surface area contributed by atoms with Gasteiger partial charge < -0.3 is 10.0 Å². The van der Waals surface area contributed by atoms with E-state index in [4.69, 9.17) is 5.11 Å². The standard InChI is InChI=1S/C12H21NO2/c1-9(10-3-4-10)13(2)8-12(5-6-12)7-11(14)15/h9-10H,3-8H2,1-2H3,(H,14,15). The van der Waals surface area contributed by atoms with Crippen molar-refractivity contribution >= 4 is 5.97 Å². The Kier molecular flexibility index (Phi) is 2.75. The number of hydrogen-bond acceptors (Lipinski definition) is 2. The molecule has 2 aliphatic rings. The molecule has 0 aromatic rings. The van der Waals surface area contributed by atoms with Gasteiger partial charge in [-0.15, -0.1) is 0 Å². The largest absolute Gasteiger partial charge is 0.481 e. The number of aliphatic carboxylic acids is 1. The topological polar surface area (TPSA) is 40.5 Å². The lowest BCUT2D eigenvalue weighted by Gasteiger charge is -2.28. The van der Waals surface area contributed by atoms with Gasteiger partial charge >= 0.3 is 5.97 Å². The second kappa shape index (κ2) is 3.78. The van der Waals surface area contributed by atoms with E-state index in [1.807, 2.05) is 0 Å². The second-order valence-electron chi connectivity index (χ2n) is 5.56. The van der Waals surface area contributed by atoms with Crippen molar-refractivity contribution in [3.05, 3.63) is 0 Å². The third kappa shape index (κ3) is 2.71. The zero-order chi connectivity index (χ0) is 11.1. The number of nitrogens with zero attached hydrogens (tertiary/aromatic N) is 1. The molecule has 0 spiro atoms. The molecule has 0 saturated heterocycles. The molecule has 0 amide bonds. The molecule has 1 unspecified atom stereocenters. The molecule has 0 bridgehead atoms. The van der Waals surface area contributed by atoms with Crippen LogP contribution in [0, 0.1) is 11.3 Å². The Labute approximate surface area is 91.5 Å². The Morgan fingerprint density at radius 1 is 1.53 bits per heavy atom. The number of rotatable bonds is 6. The molecule has 2 rings (SSSR count). The monoisotopic (exact) mass is 211 g/mol. The molecule has 2 saturated carbocycles. The molecule has 0 heterocycles. The minimum absolute atomic E-state index is 0.115. The van der Waals surface area contributed by atoms with Crippen molar-refractivity contribution in [3.63, 3.8) is 0 Å². The van der Waals surface area contributed by atoms with Crippen molar-refractivity contribution in [3.8, 4) is 0 Å². The number of carbonyl (C=O) groups is 1. The minimum atomic E-state index is -0.639. The van der Waals surface area contributed by atoms with E-state index in [1.165, 1.54) is 12.8 Å². The molecular formula is C12H21NO2. The van der Waals surface area contributed by atoms with E-state index in [-0.39, 0.29) is 5.41 Å². The summed E-state index contributed by atoms with van der Waals surface area (Å²) < 4.78 is 0. The predicted molar refractivity (Wildman–Crippen MR) is 58.7 cm³/mol. The lowest BCUT2D eigenvalue weighted by atomic mass is 10.0. The zero-order valence-corrected chi connectivity index (χ0v) is 9.70. The summed E-state index contributed by atoms with van der Waals surface area (Å²) in [5.74, 6) is 0.232. The number of carboxylic acids is 1. The summed E-state index contributed by atoms with van der Waals surface area (Å²) in [6.45, 7) is 3.24. The zero-order valence-electron chi connectivity index (χ0n) is 9.70. The highest BCUT2D eigenvalue weighted by atomic mass is 16.4. The van der Waals surface area contributed by atoms with Gasteiger partial charge in [-0.1, -0.05) is 0 Å². The molecule has 3 heteroatoms. The predicted octanol–water partition coefficient (Wildman–Crippen LogP) is 1.97. The maximum atomic E-state index is 10.7. The maximum Gasteiger partial charge on any atom is 0.303 e. The first-order chi connectivity index (χ1) is 7.02. The van der Waals surface area contributed by atoms with Gasteiger partial charge in [0, 0.05) is 12.6 Å². The van der Waals surface area contributed by atoms with Crippen LogP contribution in [0.5, 0.6) is 0 Å². The smallest absolute Gasteiger partial charge is 0.303 e. The SMILES string of the molecule is CC(C1CC1)N(C)CC1(CC(=O)O)CC1. The van der Waals surface area contributed by atoms with Crippen LogP contribution in [-0.4, -0.2) is 35.6 Å². The Hall–Kier alpha value is -0.570. The minimum Gasteiger partial charge on any atom is -0.481 e. The average Bonchev–Trinajstić information content (AvgIpc) is 2.96. The summed E-state index contributed by atoms with van der Waals surface area (Å²) in [5.41, 5.74) is 0.115. The highest BCUT2D eigenvalue weighted by Crippen LogP contribution is 2.50. The van der Waals surface area contributed by atoms with Crippen LogP contribution in [0.15, 0.2) is 0 Å². The Balaban J connectivity index is 1.82. The van der Waals surface area contributed by atoms with Gasteiger partial charge in [0.25, 0.3) is 0 Å². The third-order valence-corrected chi connectivity index (χ3v) is 4.07. The third-order valence-electron chi connectivity index (χ3n) is 4.07. The van der Waals surface area contributed by atoms with Crippen molar-refractivity contribution in [1.29, 1.82) is 0 Å². The fourth-order valence-corrected chi connectivity index (χ4v) is 2.50. The van der Waals surface area contributed by atoms with E-state index >= 15 is 0 Å². The van der Waals surface area contributed by atoms with Crippen LogP contribution in [-0.2, 0) is 4.79 Å². The van der Waals surface area contributed by atoms with Gasteiger partial charge in [-0.05, 0) is 51.0 Å². The lowest BCUT2D eigenvalue weighted by molar-refractivity contribution is -0.138. The summed E-state index contributed by atoms with van der Waals surface area (Å²) >= 11 is 0. The summed E-state index contributed by atoms with van der Waals surface area (Å²) in [6, 6.07) is 0.635. The highest BCUT2D eigenvalue weighted by Gasteiger charge is 2.46. The van der Waals surface area contributed by atoms with E-state index < -0.39 is 5.97 Å². The summed E-state index contributed by atoms with van der Waals surface area (Å²) in [5, 5.41) is 8.84. The molecule has 2 fully saturated rings. The Morgan fingerprint density at radius 2 is 2.13 bits per heavy atom. The van der Waals surface area contributed by atoms with Crippen molar-refractivity contribution in [2.75, 3.05) is 13.6 Å². The van der Waals surface area contributed by atoms with Gasteiger partial charge in [0.1, 0.15) is 0 Å². The molecule has 0 aromatic heterocycles. The molecule has 2 aliphatic carbocycles. The van der Waals surface area contributed by atoms with E-state index in [9.17, 15) is 4.79 Å². The van der Waals surface area contributed by atoms with Gasteiger partial charge in [0.05, 0.1) is 6.42 Å². The quantitative estimate of drug-likeness (QED) is 0.730. The van der Waals surface area contributed by atoms with Crippen molar-refractivity contribution in [2.45, 2.75) is 45.1 Å². The Bertz CT molecular complexity index is 256. The fraction of sp³-hybridized carbons (Fsp3) is 0.917. The summed E-state index contributed by atoms with van der Waals surface area (Å²) in [6.07, 6.45) is 5.27. The van der Waals surface area contributed by atoms with Crippen molar-refractivity contribution < 1.29 is 9.90 Å².